The van der Waals surface area contributed by atoms with E-state index in [1.54, 1.807) is 19.4 Å². The smallest absolute Gasteiger partial charge is 0.283 e. The number of nitrogens with two attached hydrogens (primary N) is 1. The van der Waals surface area contributed by atoms with Crippen LogP contribution in [0.4, 0.5) is 5.82 Å². The summed E-state index contributed by atoms with van der Waals surface area (Å²) in [6, 6.07) is 12.1. The second kappa shape index (κ2) is 8.55. The summed E-state index contributed by atoms with van der Waals surface area (Å²) in [5, 5.41) is 12.8. The zero-order chi connectivity index (χ0) is 19.2. The average molecular weight is 368 g/mol. The summed E-state index contributed by atoms with van der Waals surface area (Å²) < 4.78 is 5.28. The highest BCUT2D eigenvalue weighted by Gasteiger charge is 2.22. The summed E-state index contributed by atoms with van der Waals surface area (Å²) >= 11 is 0. The summed E-state index contributed by atoms with van der Waals surface area (Å²) in [6.45, 7) is 2.84. The molecule has 1 aliphatic heterocycles. The van der Waals surface area contributed by atoms with E-state index in [-0.39, 0.29) is 0 Å². The Morgan fingerprint density at radius 2 is 2.30 bits per heavy atom. The fourth-order valence-corrected chi connectivity index (χ4v) is 3.14. The van der Waals surface area contributed by atoms with Crippen molar-refractivity contribution in [2.75, 3.05) is 25.5 Å². The highest BCUT2D eigenvalue weighted by Crippen LogP contribution is 2.19. The normalized spacial score (nSPS) is 17.7. The van der Waals surface area contributed by atoms with Gasteiger partial charge in [0, 0.05) is 31.9 Å². The fourth-order valence-electron chi connectivity index (χ4n) is 3.14. The average Bonchev–Trinajstić information content (AvgIpc) is 3.10. The maximum Gasteiger partial charge on any atom is 0.283 e. The second-order valence-corrected chi connectivity index (χ2v) is 6.59. The number of nitrogens with zero attached hydrogens (tertiary/aromatic N) is 2. The third-order valence-electron chi connectivity index (χ3n) is 4.51. The molecule has 142 valence electrons. The van der Waals surface area contributed by atoms with Crippen molar-refractivity contribution in [2.45, 2.75) is 19.0 Å². The second-order valence-electron chi connectivity index (χ2n) is 6.59. The molecule has 0 saturated carbocycles. The van der Waals surface area contributed by atoms with Gasteiger partial charge in [0.05, 0.1) is 7.11 Å². The number of aromatic nitrogens is 1. The van der Waals surface area contributed by atoms with Crippen LogP contribution in [0.25, 0.3) is 6.08 Å². The third kappa shape index (κ3) is 5.21. The predicted octanol–water partition coefficient (Wildman–Crippen LogP) is 2.16. The molecule has 0 aliphatic carbocycles. The number of primary amides is 1. The number of ether oxygens (including phenoxy) is 1. The summed E-state index contributed by atoms with van der Waals surface area (Å²) in [5.74, 6) is 0.293. The molecule has 2 aromatic rings. The van der Waals surface area contributed by atoms with Crippen LogP contribution >= 0.6 is 0 Å². The number of amides is 1. The number of pyridine rings is 1. The molecular weight excluding hydrogens is 344 g/mol. The van der Waals surface area contributed by atoms with Gasteiger partial charge in [0.1, 0.15) is 11.6 Å². The number of aliphatic hydroxyl groups is 1. The number of methoxy groups -OCH3 is 1. The Bertz CT molecular complexity index is 820. The molecule has 1 atom stereocenters. The molecule has 1 fully saturated rings. The number of benzene rings is 1. The number of likely N-dealkylation sites (tertiary alicyclic amines) is 1. The van der Waals surface area contributed by atoms with E-state index in [0.717, 1.165) is 37.6 Å². The maximum atomic E-state index is 10.9. The van der Waals surface area contributed by atoms with E-state index in [1.807, 2.05) is 18.2 Å². The molecule has 0 radical (unpaired) electrons. The Morgan fingerprint density at radius 3 is 3.00 bits per heavy atom. The van der Waals surface area contributed by atoms with Gasteiger partial charge in [-0.15, -0.1) is 0 Å². The lowest BCUT2D eigenvalue weighted by molar-refractivity contribution is -0.116. The van der Waals surface area contributed by atoms with Crippen LogP contribution in [-0.2, 0) is 11.3 Å². The molecule has 4 N–H and O–H groups in total. The Labute approximate surface area is 158 Å². The number of aliphatic hydroxyl groups excluding tert-OH is 1. The molecular formula is C20H24N4O3. The molecule has 1 aromatic carbocycles. The number of hydrogen-bond acceptors (Lipinski definition) is 6. The van der Waals surface area contributed by atoms with Gasteiger partial charge >= 0.3 is 0 Å². The Morgan fingerprint density at radius 1 is 1.44 bits per heavy atom. The van der Waals surface area contributed by atoms with Crippen molar-refractivity contribution in [1.29, 1.82) is 0 Å². The van der Waals surface area contributed by atoms with Crippen LogP contribution in [0.3, 0.4) is 0 Å². The van der Waals surface area contributed by atoms with Crippen molar-refractivity contribution in [3.8, 4) is 5.75 Å². The van der Waals surface area contributed by atoms with Gasteiger partial charge in [-0.2, -0.15) is 0 Å². The summed E-state index contributed by atoms with van der Waals surface area (Å²) in [4.78, 5) is 17.6. The van der Waals surface area contributed by atoms with E-state index in [2.05, 4.69) is 27.3 Å². The van der Waals surface area contributed by atoms with Crippen LogP contribution in [0.1, 0.15) is 17.5 Å². The van der Waals surface area contributed by atoms with Gasteiger partial charge in [-0.05, 0) is 47.9 Å². The maximum absolute atomic E-state index is 10.9. The van der Waals surface area contributed by atoms with Gasteiger partial charge in [0.15, 0.2) is 5.76 Å². The number of hydrogen-bond donors (Lipinski definition) is 3. The minimum atomic E-state index is -0.862. The molecule has 1 aromatic heterocycles. The van der Waals surface area contributed by atoms with E-state index in [9.17, 15) is 9.90 Å². The van der Waals surface area contributed by atoms with Crippen molar-refractivity contribution >= 4 is 17.8 Å². The van der Waals surface area contributed by atoms with Crippen LogP contribution < -0.4 is 15.8 Å². The summed E-state index contributed by atoms with van der Waals surface area (Å²) in [6.07, 6.45) is 3.92. The summed E-state index contributed by atoms with van der Waals surface area (Å²) in [5.41, 5.74) is 6.85. The van der Waals surface area contributed by atoms with Gasteiger partial charge in [-0.25, -0.2) is 4.98 Å². The molecule has 7 heteroatoms. The van der Waals surface area contributed by atoms with Gasteiger partial charge in [0.2, 0.25) is 0 Å². The van der Waals surface area contributed by atoms with Gasteiger partial charge in [-0.3, -0.25) is 9.69 Å². The zero-order valence-corrected chi connectivity index (χ0v) is 15.3. The van der Waals surface area contributed by atoms with E-state index >= 15 is 0 Å². The van der Waals surface area contributed by atoms with E-state index < -0.39 is 11.7 Å². The predicted molar refractivity (Wildman–Crippen MR) is 104 cm³/mol. The largest absolute Gasteiger partial charge is 0.503 e. The van der Waals surface area contributed by atoms with Gasteiger partial charge in [-0.1, -0.05) is 12.1 Å². The lowest BCUT2D eigenvalue weighted by atomic mass is 10.2. The van der Waals surface area contributed by atoms with Crippen molar-refractivity contribution in [1.82, 2.24) is 9.88 Å². The van der Waals surface area contributed by atoms with E-state index in [1.165, 1.54) is 11.6 Å². The Balaban J connectivity index is 1.53. The van der Waals surface area contributed by atoms with Crippen LogP contribution in [0.5, 0.6) is 5.75 Å². The first-order valence-electron chi connectivity index (χ1n) is 8.82. The lowest BCUT2D eigenvalue weighted by Crippen LogP contribution is -2.26. The minimum absolute atomic E-state index is 0.323. The molecule has 0 spiro atoms. The molecule has 7 nitrogen and oxygen atoms in total. The van der Waals surface area contributed by atoms with E-state index in [0.29, 0.717) is 11.6 Å². The number of nitrogens with one attached hydrogen (secondary N) is 1. The highest BCUT2D eigenvalue weighted by atomic mass is 16.5. The van der Waals surface area contributed by atoms with Gasteiger partial charge < -0.3 is 20.9 Å². The quantitative estimate of drug-likeness (QED) is 0.511. The minimum Gasteiger partial charge on any atom is -0.503 e. The first-order chi connectivity index (χ1) is 13.0. The van der Waals surface area contributed by atoms with Crippen LogP contribution in [-0.4, -0.2) is 47.1 Å². The van der Waals surface area contributed by atoms with Crippen molar-refractivity contribution in [3.05, 3.63) is 59.5 Å². The molecule has 27 heavy (non-hydrogen) atoms. The summed E-state index contributed by atoms with van der Waals surface area (Å²) in [7, 11) is 1.68. The number of carbonyl (C=O) groups excluding carboxylic acids is 1. The van der Waals surface area contributed by atoms with Crippen molar-refractivity contribution in [2.24, 2.45) is 5.73 Å². The van der Waals surface area contributed by atoms with E-state index in [4.69, 9.17) is 10.5 Å². The van der Waals surface area contributed by atoms with Crippen LogP contribution in [0.2, 0.25) is 0 Å². The van der Waals surface area contributed by atoms with Crippen LogP contribution in [0, 0.1) is 0 Å². The number of rotatable bonds is 7. The van der Waals surface area contributed by atoms with Gasteiger partial charge in [0.25, 0.3) is 5.91 Å². The lowest BCUT2D eigenvalue weighted by Gasteiger charge is -2.17. The van der Waals surface area contributed by atoms with Crippen molar-refractivity contribution < 1.29 is 14.6 Å². The molecule has 0 unspecified atom stereocenters. The first-order valence-corrected chi connectivity index (χ1v) is 8.82. The third-order valence-corrected chi connectivity index (χ3v) is 4.51. The molecule has 1 aliphatic rings. The first kappa shape index (κ1) is 18.7. The fraction of sp³-hybridized carbons (Fsp3) is 0.300. The monoisotopic (exact) mass is 368 g/mol. The highest BCUT2D eigenvalue weighted by molar-refractivity contribution is 5.93. The molecule has 1 saturated heterocycles. The van der Waals surface area contributed by atoms with Crippen LogP contribution in [0.15, 0.2) is 48.4 Å². The molecule has 0 bridgehead atoms. The number of carbonyl (C=O) groups is 1. The molecule has 1 amide bonds. The molecule has 3 rings (SSSR count). The topological polar surface area (TPSA) is 101 Å². The molecule has 2 heterocycles. The zero-order valence-electron chi connectivity index (χ0n) is 15.3. The standard InChI is InChI=1S/C20H24N4O3/c1-27-17-4-2-3-15(9-17)12-24-8-7-16(13-24)23-19-6-5-14(11-22-19)10-18(25)20(21)26/h2-6,9-11,16,25H,7-8,12-13H2,1H3,(H2,21,26)(H,22,23)/t16-/m1/s1. The Hall–Kier alpha value is -3.06. The number of anilines is 1. The van der Waals surface area contributed by atoms with Crippen molar-refractivity contribution in [3.63, 3.8) is 0 Å². The Kier molecular flexibility index (Phi) is 5.93. The SMILES string of the molecule is COc1cccc(CN2CC[C@@H](Nc3ccc(C=C(O)C(N)=O)cn3)C2)c1.